The van der Waals surface area contributed by atoms with E-state index < -0.39 is 33.5 Å². The Bertz CT molecular complexity index is 3270. The van der Waals surface area contributed by atoms with Gasteiger partial charge in [0.1, 0.15) is 29.9 Å². The Morgan fingerprint density at radius 1 is 0.762 bits per heavy atom. The number of allylic oxidation sites excluding steroid dienone is 1. The highest BCUT2D eigenvalue weighted by atomic mass is 16.7. The molecule has 80 heavy (non-hydrogen) atoms. The molecule has 0 saturated heterocycles. The molecule has 1 saturated carbocycles. The van der Waals surface area contributed by atoms with Crippen molar-refractivity contribution >= 4 is 29.1 Å². The molecule has 0 spiro atoms. The van der Waals surface area contributed by atoms with Crippen molar-refractivity contribution in [1.29, 1.82) is 0 Å². The summed E-state index contributed by atoms with van der Waals surface area (Å²) in [5, 5.41) is 48.4. The van der Waals surface area contributed by atoms with Gasteiger partial charge in [0.15, 0.2) is 11.5 Å². The Balaban J connectivity index is 1.14. The number of aliphatic hydroxyl groups excluding tert-OH is 2. The van der Waals surface area contributed by atoms with Crippen molar-refractivity contribution in [1.82, 2.24) is 4.90 Å². The van der Waals surface area contributed by atoms with Gasteiger partial charge in [-0.05, 0) is 144 Å². The molecule has 10 rings (SSSR count). The van der Waals surface area contributed by atoms with Crippen LogP contribution in [0.3, 0.4) is 0 Å². The molecule has 6 atom stereocenters. The number of amides is 1. The van der Waals surface area contributed by atoms with Crippen molar-refractivity contribution in [3.63, 3.8) is 0 Å². The Kier molecular flexibility index (Phi) is 17.1. The third-order valence-corrected chi connectivity index (χ3v) is 15.4. The Morgan fingerprint density at radius 3 is 2.14 bits per heavy atom. The second-order valence-corrected chi connectivity index (χ2v) is 20.3. The fourth-order valence-corrected chi connectivity index (χ4v) is 11.6. The fourth-order valence-electron chi connectivity index (χ4n) is 11.6. The molecule has 17 nitrogen and oxygen atoms in total. The lowest BCUT2D eigenvalue weighted by molar-refractivity contribution is -0.385. The van der Waals surface area contributed by atoms with E-state index in [1.807, 2.05) is 72.8 Å². The second-order valence-electron chi connectivity index (χ2n) is 20.3. The molecule has 6 aromatic rings. The molecule has 4 aliphatic rings. The van der Waals surface area contributed by atoms with Gasteiger partial charge in [-0.25, -0.2) is 0 Å². The van der Waals surface area contributed by atoms with Crippen molar-refractivity contribution in [2.75, 3.05) is 26.6 Å². The molecule has 2 aliphatic heterocycles. The standard InChI is InChI=1S/C63H62N4O13/c1-2-34-77-63-59(65(39-44-18-29-57-58(35-44)76-41-75-57)60(70)31-19-42-14-22-48(23-15-42)66(71)72)38-55(64-78-40-43-16-24-49(25-17-43)67(73)74)53-36-47(12-6-8-32-68)52(13-7-9-33-69)61(62(53)63)54-37-51(28-30-56(54)80-63)79-50-26-20-46(21-27-50)45-10-4-3-5-11-45/h2-5,10-11,14-31,35-37,47,52,59,61-62,68-69H,1,6-9,12-13,32-34,38-41H2. The van der Waals surface area contributed by atoms with E-state index >= 15 is 4.79 Å². The number of nitrogens with zero attached hydrogens (tertiary/aromatic N) is 4. The summed E-state index contributed by atoms with van der Waals surface area (Å²) < 4.78 is 33.0. The van der Waals surface area contributed by atoms with Gasteiger partial charge in [-0.3, -0.25) is 25.0 Å². The summed E-state index contributed by atoms with van der Waals surface area (Å²) in [4.78, 5) is 45.6. The molecule has 0 radical (unpaired) electrons. The van der Waals surface area contributed by atoms with Gasteiger partial charge in [-0.1, -0.05) is 78.7 Å². The van der Waals surface area contributed by atoms with Gasteiger partial charge in [0.25, 0.3) is 11.4 Å². The van der Waals surface area contributed by atoms with Crippen molar-refractivity contribution in [3.05, 3.63) is 212 Å². The van der Waals surface area contributed by atoms with Gasteiger partial charge in [0.05, 0.1) is 28.1 Å². The number of hydrogen-bond acceptors (Lipinski definition) is 14. The number of benzene rings is 6. The molecule has 0 aromatic heterocycles. The summed E-state index contributed by atoms with van der Waals surface area (Å²) in [5.41, 5.74) is 6.07. The minimum absolute atomic E-state index is 0.0134. The van der Waals surface area contributed by atoms with Crippen LogP contribution in [0.5, 0.6) is 28.7 Å². The number of nitro groups is 2. The normalized spacial score (nSPS) is 20.9. The predicted octanol–water partition coefficient (Wildman–Crippen LogP) is 12.3. The number of hydrogen-bond donors (Lipinski definition) is 2. The van der Waals surface area contributed by atoms with Crippen molar-refractivity contribution in [2.24, 2.45) is 22.9 Å². The quantitative estimate of drug-likeness (QED) is 0.0190. The first-order chi connectivity index (χ1) is 39.0. The molecule has 2 heterocycles. The van der Waals surface area contributed by atoms with Gasteiger partial charge in [0.2, 0.25) is 18.5 Å². The van der Waals surface area contributed by atoms with Crippen LogP contribution in [-0.4, -0.2) is 75.0 Å². The summed E-state index contributed by atoms with van der Waals surface area (Å²) in [7, 11) is 0. The van der Waals surface area contributed by atoms with Gasteiger partial charge in [-0.2, -0.15) is 0 Å². The molecule has 17 heteroatoms. The van der Waals surface area contributed by atoms with E-state index in [4.69, 9.17) is 33.7 Å². The van der Waals surface area contributed by atoms with E-state index in [2.05, 4.69) is 24.8 Å². The number of oxime groups is 1. The van der Waals surface area contributed by atoms with Crippen LogP contribution >= 0.6 is 0 Å². The van der Waals surface area contributed by atoms with Crippen LogP contribution in [0, 0.1) is 38.0 Å². The van der Waals surface area contributed by atoms with Crippen LogP contribution in [0.1, 0.15) is 73.1 Å². The van der Waals surface area contributed by atoms with Crippen LogP contribution in [0.2, 0.25) is 0 Å². The Labute approximate surface area is 463 Å². The first-order valence-electron chi connectivity index (χ1n) is 26.9. The van der Waals surface area contributed by atoms with Crippen molar-refractivity contribution in [2.45, 2.75) is 75.8 Å². The molecule has 6 unspecified atom stereocenters. The number of rotatable bonds is 24. The average molecular weight is 1080 g/mol. The molecule has 2 N–H and O–H groups in total. The van der Waals surface area contributed by atoms with Crippen LogP contribution < -0.4 is 18.9 Å². The molecule has 2 aliphatic carbocycles. The van der Waals surface area contributed by atoms with E-state index in [1.165, 1.54) is 30.3 Å². The number of nitro benzene ring substituents is 2. The zero-order chi connectivity index (χ0) is 55.6. The first-order valence-corrected chi connectivity index (χ1v) is 26.9. The number of ether oxygens (including phenoxy) is 5. The number of unbranched alkanes of at least 4 members (excludes halogenated alkanes) is 2. The lowest BCUT2D eigenvalue weighted by Gasteiger charge is -2.60. The molecule has 6 aromatic carbocycles. The molecular formula is C63H62N4O13. The summed E-state index contributed by atoms with van der Waals surface area (Å²) in [6.45, 7) is 4.18. The van der Waals surface area contributed by atoms with Gasteiger partial charge >= 0.3 is 0 Å². The fraction of sp³-hybridized carbons (Fsp3) is 0.302. The number of fused-ring (bicyclic) bond motifs is 3. The molecule has 1 fully saturated rings. The van der Waals surface area contributed by atoms with Crippen LogP contribution in [0.25, 0.3) is 17.2 Å². The number of aliphatic hydroxyl groups is 2. The van der Waals surface area contributed by atoms with E-state index in [0.717, 1.165) is 35.1 Å². The maximum absolute atomic E-state index is 15.5. The van der Waals surface area contributed by atoms with Crippen LogP contribution in [0.4, 0.5) is 11.4 Å². The van der Waals surface area contributed by atoms with E-state index in [-0.39, 0.29) is 75.3 Å². The van der Waals surface area contributed by atoms with E-state index in [1.54, 1.807) is 47.4 Å². The lowest BCUT2D eigenvalue weighted by atomic mass is 9.55. The highest BCUT2D eigenvalue weighted by Crippen LogP contribution is 2.62. The number of non-ortho nitro benzene ring substituents is 2. The Hall–Kier alpha value is -8.64. The Morgan fingerprint density at radius 2 is 1.43 bits per heavy atom. The third-order valence-electron chi connectivity index (χ3n) is 15.4. The molecule has 412 valence electrons. The highest BCUT2D eigenvalue weighted by molar-refractivity contribution is 6.03. The van der Waals surface area contributed by atoms with Crippen molar-refractivity contribution in [3.8, 4) is 39.9 Å². The minimum Gasteiger partial charge on any atom is -0.459 e. The lowest BCUT2D eigenvalue weighted by Crippen LogP contribution is -2.70. The summed E-state index contributed by atoms with van der Waals surface area (Å²) in [6.07, 6.45) is 11.0. The largest absolute Gasteiger partial charge is 0.459 e. The van der Waals surface area contributed by atoms with Gasteiger partial charge in [-0.15, -0.1) is 6.58 Å². The number of carbonyl (C=O) groups is 1. The zero-order valence-electron chi connectivity index (χ0n) is 44.0. The molecular weight excluding hydrogens is 1020 g/mol. The maximum Gasteiger partial charge on any atom is 0.269 e. The maximum atomic E-state index is 15.5. The third kappa shape index (κ3) is 12.0. The SMILES string of the molecule is C=CCOC12Oc3ccc(Oc4ccc(-c5ccccc5)cc4)cc3C3C(CCCCO)C(CCCCO)C=C(C(=NOCc4ccc([N+](=O)[O-])cc4)CC1N(Cc1ccc4c(c1)OCO4)C(=O)C=Cc1ccc([N+](=O)[O-])cc1)C32. The molecule has 1 amide bonds. The van der Waals surface area contributed by atoms with Crippen molar-refractivity contribution < 1.29 is 53.4 Å². The summed E-state index contributed by atoms with van der Waals surface area (Å²) in [6, 6.07) is 40.3. The van der Waals surface area contributed by atoms with Crippen LogP contribution in [-0.2, 0) is 27.5 Å². The first kappa shape index (κ1) is 54.7. The topological polar surface area (TPSA) is 215 Å². The highest BCUT2D eigenvalue weighted by Gasteiger charge is 2.65. The van der Waals surface area contributed by atoms with Gasteiger partial charge in [0, 0.05) is 68.0 Å². The molecule has 0 bridgehead atoms. The summed E-state index contributed by atoms with van der Waals surface area (Å²) >= 11 is 0. The second kappa shape index (κ2) is 25.0. The monoisotopic (exact) mass is 1080 g/mol. The van der Waals surface area contributed by atoms with E-state index in [9.17, 15) is 30.4 Å². The van der Waals surface area contributed by atoms with Gasteiger partial charge < -0.3 is 43.6 Å². The van der Waals surface area contributed by atoms with Crippen LogP contribution in [0.15, 0.2) is 175 Å². The predicted molar refractivity (Wildman–Crippen MR) is 300 cm³/mol. The summed E-state index contributed by atoms with van der Waals surface area (Å²) in [5.74, 6) is -0.470. The van der Waals surface area contributed by atoms with E-state index in [0.29, 0.717) is 76.8 Å². The smallest absolute Gasteiger partial charge is 0.269 e. The average Bonchev–Trinajstić information content (AvgIpc) is 3.93. The minimum atomic E-state index is -1.64. The zero-order valence-corrected chi connectivity index (χ0v) is 44.0. The number of carbonyl (C=O) groups excluding carboxylic acids is 1.